The Bertz CT molecular complexity index is 346. The molecule has 1 saturated heterocycles. The van der Waals surface area contributed by atoms with Crippen LogP contribution in [0.1, 0.15) is 90.4 Å². The van der Waals surface area contributed by atoms with Crippen molar-refractivity contribution in [1.82, 2.24) is 0 Å². The lowest BCUT2D eigenvalue weighted by Gasteiger charge is -2.27. The number of hydrogen-bond acceptors (Lipinski definition) is 3. The second-order valence-electron chi connectivity index (χ2n) is 6.79. The molecule has 0 aliphatic carbocycles. The molecule has 1 aliphatic rings. The van der Waals surface area contributed by atoms with Crippen molar-refractivity contribution in [2.24, 2.45) is 0 Å². The van der Waals surface area contributed by atoms with E-state index >= 15 is 0 Å². The van der Waals surface area contributed by atoms with Crippen molar-refractivity contribution >= 4 is 5.97 Å². The molecule has 4 heteroatoms. The van der Waals surface area contributed by atoms with Crippen LogP contribution in [0.25, 0.3) is 0 Å². The molecular formula is C20H36O4. The SMILES string of the molecule is CCCCCCCC1(CCCCCC/C=C/CC(=O)O)OCCO1. The zero-order chi connectivity index (χ0) is 17.5. The molecule has 140 valence electrons. The molecule has 0 unspecified atom stereocenters. The Hall–Kier alpha value is -0.870. The van der Waals surface area contributed by atoms with Crippen molar-refractivity contribution in [1.29, 1.82) is 0 Å². The number of unbranched alkanes of at least 4 members (excludes halogenated alkanes) is 8. The van der Waals surface area contributed by atoms with E-state index in [1.165, 1.54) is 44.9 Å². The van der Waals surface area contributed by atoms with E-state index in [0.29, 0.717) is 0 Å². The number of carbonyl (C=O) groups is 1. The summed E-state index contributed by atoms with van der Waals surface area (Å²) in [6.45, 7) is 3.72. The van der Waals surface area contributed by atoms with E-state index in [9.17, 15) is 4.79 Å². The smallest absolute Gasteiger partial charge is 0.307 e. The molecule has 0 aromatic carbocycles. The maximum Gasteiger partial charge on any atom is 0.307 e. The van der Waals surface area contributed by atoms with E-state index in [1.807, 2.05) is 6.08 Å². The summed E-state index contributed by atoms with van der Waals surface area (Å²) in [4.78, 5) is 10.4. The van der Waals surface area contributed by atoms with Crippen molar-refractivity contribution in [3.63, 3.8) is 0 Å². The topological polar surface area (TPSA) is 55.8 Å². The van der Waals surface area contributed by atoms with Crippen LogP contribution in [0.5, 0.6) is 0 Å². The fraction of sp³-hybridized carbons (Fsp3) is 0.850. The van der Waals surface area contributed by atoms with Gasteiger partial charge in [-0.15, -0.1) is 0 Å². The molecule has 0 saturated carbocycles. The normalized spacial score (nSPS) is 16.9. The lowest BCUT2D eigenvalue weighted by Crippen LogP contribution is -2.30. The van der Waals surface area contributed by atoms with Crippen LogP contribution in [0.3, 0.4) is 0 Å². The molecule has 24 heavy (non-hydrogen) atoms. The van der Waals surface area contributed by atoms with Gasteiger partial charge in [-0.2, -0.15) is 0 Å². The number of allylic oxidation sites excluding steroid dienone is 1. The summed E-state index contributed by atoms with van der Waals surface area (Å²) >= 11 is 0. The monoisotopic (exact) mass is 340 g/mol. The zero-order valence-electron chi connectivity index (χ0n) is 15.4. The Morgan fingerprint density at radius 2 is 1.50 bits per heavy atom. The van der Waals surface area contributed by atoms with Crippen LogP contribution in [-0.4, -0.2) is 30.1 Å². The van der Waals surface area contributed by atoms with Crippen LogP contribution in [-0.2, 0) is 14.3 Å². The van der Waals surface area contributed by atoms with Gasteiger partial charge in [0, 0.05) is 12.8 Å². The first-order valence-corrected chi connectivity index (χ1v) is 9.83. The molecule has 0 aromatic rings. The van der Waals surface area contributed by atoms with Gasteiger partial charge < -0.3 is 14.6 Å². The van der Waals surface area contributed by atoms with E-state index in [4.69, 9.17) is 14.6 Å². The molecule has 1 fully saturated rings. The minimum atomic E-state index is -0.761. The number of aliphatic carboxylic acids is 1. The molecule has 1 heterocycles. The molecule has 0 aromatic heterocycles. The highest BCUT2D eigenvalue weighted by atomic mass is 16.7. The molecular weight excluding hydrogens is 304 g/mol. The molecule has 4 nitrogen and oxygen atoms in total. The van der Waals surface area contributed by atoms with Crippen LogP contribution >= 0.6 is 0 Å². The lowest BCUT2D eigenvalue weighted by molar-refractivity contribution is -0.168. The van der Waals surface area contributed by atoms with Crippen molar-refractivity contribution in [3.05, 3.63) is 12.2 Å². The summed E-state index contributed by atoms with van der Waals surface area (Å²) in [6, 6.07) is 0. The highest BCUT2D eigenvalue weighted by molar-refractivity contribution is 5.68. The molecule has 0 spiro atoms. The molecule has 1 aliphatic heterocycles. The van der Waals surface area contributed by atoms with Crippen molar-refractivity contribution < 1.29 is 19.4 Å². The van der Waals surface area contributed by atoms with Gasteiger partial charge in [-0.3, -0.25) is 4.79 Å². The second-order valence-corrected chi connectivity index (χ2v) is 6.79. The van der Waals surface area contributed by atoms with Crippen LogP contribution in [0.2, 0.25) is 0 Å². The Kier molecular flexibility index (Phi) is 11.8. The van der Waals surface area contributed by atoms with Crippen LogP contribution < -0.4 is 0 Å². The van der Waals surface area contributed by atoms with Crippen LogP contribution in [0.4, 0.5) is 0 Å². The summed E-state index contributed by atoms with van der Waals surface area (Å²) in [5, 5.41) is 8.54. The first-order valence-electron chi connectivity index (χ1n) is 9.83. The summed E-state index contributed by atoms with van der Waals surface area (Å²) in [6.07, 6.45) is 17.9. The summed E-state index contributed by atoms with van der Waals surface area (Å²) in [5.41, 5.74) is 0. The van der Waals surface area contributed by atoms with Gasteiger partial charge in [-0.1, -0.05) is 57.6 Å². The van der Waals surface area contributed by atoms with Crippen molar-refractivity contribution in [3.8, 4) is 0 Å². The minimum Gasteiger partial charge on any atom is -0.481 e. The predicted octanol–water partition coefficient (Wildman–Crippen LogP) is 5.46. The third kappa shape index (κ3) is 10.1. The molecule has 1 rings (SSSR count). The highest BCUT2D eigenvalue weighted by Crippen LogP contribution is 2.31. The first kappa shape index (κ1) is 21.2. The van der Waals surface area contributed by atoms with Crippen LogP contribution in [0.15, 0.2) is 12.2 Å². The summed E-state index contributed by atoms with van der Waals surface area (Å²) < 4.78 is 11.9. The maximum absolute atomic E-state index is 10.4. The van der Waals surface area contributed by atoms with Gasteiger partial charge in [0.05, 0.1) is 19.6 Å². The number of hydrogen-bond donors (Lipinski definition) is 1. The minimum absolute atomic E-state index is 0.134. The maximum atomic E-state index is 10.4. The van der Waals surface area contributed by atoms with Crippen LogP contribution in [0, 0.1) is 0 Å². The van der Waals surface area contributed by atoms with Gasteiger partial charge in [-0.25, -0.2) is 0 Å². The summed E-state index contributed by atoms with van der Waals surface area (Å²) in [5.74, 6) is -1.06. The molecule has 0 amide bonds. The van der Waals surface area contributed by atoms with Gasteiger partial charge >= 0.3 is 5.97 Å². The Morgan fingerprint density at radius 1 is 0.917 bits per heavy atom. The summed E-state index contributed by atoms with van der Waals surface area (Å²) in [7, 11) is 0. The fourth-order valence-corrected chi connectivity index (χ4v) is 3.22. The molecule has 0 bridgehead atoms. The first-order chi connectivity index (χ1) is 11.7. The predicted molar refractivity (Wildman–Crippen MR) is 97.1 cm³/mol. The Morgan fingerprint density at radius 3 is 2.08 bits per heavy atom. The molecule has 0 radical (unpaired) electrons. The van der Waals surface area contributed by atoms with E-state index in [1.54, 1.807) is 6.08 Å². The van der Waals surface area contributed by atoms with E-state index in [0.717, 1.165) is 45.3 Å². The second kappa shape index (κ2) is 13.4. The average Bonchev–Trinajstić information content (AvgIpc) is 3.02. The number of carboxylic acid groups (broad SMARTS) is 1. The third-order valence-corrected chi connectivity index (χ3v) is 4.61. The van der Waals surface area contributed by atoms with Crippen molar-refractivity contribution in [2.75, 3.05) is 13.2 Å². The van der Waals surface area contributed by atoms with E-state index < -0.39 is 5.97 Å². The Labute approximate surface area is 147 Å². The number of carboxylic acids is 1. The molecule has 1 N–H and O–H groups in total. The number of ether oxygens (including phenoxy) is 2. The highest BCUT2D eigenvalue weighted by Gasteiger charge is 2.34. The largest absolute Gasteiger partial charge is 0.481 e. The lowest BCUT2D eigenvalue weighted by atomic mass is 9.99. The van der Waals surface area contributed by atoms with Gasteiger partial charge in [0.25, 0.3) is 0 Å². The van der Waals surface area contributed by atoms with Gasteiger partial charge in [0.15, 0.2) is 5.79 Å². The Balaban J connectivity index is 2.06. The van der Waals surface area contributed by atoms with Crippen molar-refractivity contribution in [2.45, 2.75) is 96.2 Å². The van der Waals surface area contributed by atoms with Gasteiger partial charge in [-0.05, 0) is 25.7 Å². The zero-order valence-corrected chi connectivity index (χ0v) is 15.4. The quantitative estimate of drug-likeness (QED) is 0.317. The standard InChI is InChI=1S/C20H36O4/c1-2-3-4-9-12-15-20(23-17-18-24-20)16-13-10-7-5-6-8-11-14-19(21)22/h8,11H,2-7,9-10,12-18H2,1H3,(H,21,22)/b11-8+. The van der Waals surface area contributed by atoms with E-state index in [-0.39, 0.29) is 12.2 Å². The fourth-order valence-electron chi connectivity index (χ4n) is 3.22. The van der Waals surface area contributed by atoms with Gasteiger partial charge in [0.1, 0.15) is 0 Å². The molecule has 0 atom stereocenters. The van der Waals surface area contributed by atoms with E-state index in [2.05, 4.69) is 6.92 Å². The van der Waals surface area contributed by atoms with Gasteiger partial charge in [0.2, 0.25) is 0 Å². The third-order valence-electron chi connectivity index (χ3n) is 4.61. The average molecular weight is 341 g/mol. The number of rotatable bonds is 15.